The van der Waals surface area contributed by atoms with E-state index < -0.39 is 40.9 Å². The van der Waals surface area contributed by atoms with Crippen LogP contribution in [0.2, 0.25) is 0 Å². The minimum absolute atomic E-state index is 0.00917. The van der Waals surface area contributed by atoms with E-state index >= 15 is 0 Å². The zero-order valence-electron chi connectivity index (χ0n) is 14.8. The Morgan fingerprint density at radius 3 is 2.57 bits per heavy atom. The van der Waals surface area contributed by atoms with Gasteiger partial charge in [0.25, 0.3) is 12.0 Å². The average molecular weight is 392 g/mol. The van der Waals surface area contributed by atoms with Crippen molar-refractivity contribution in [1.82, 2.24) is 15.0 Å². The molecule has 146 valence electrons. The minimum atomic E-state index is -2.96. The summed E-state index contributed by atoms with van der Waals surface area (Å²) in [7, 11) is 0. The highest BCUT2D eigenvalue weighted by Crippen LogP contribution is 2.30. The van der Waals surface area contributed by atoms with Crippen molar-refractivity contribution in [3.63, 3.8) is 0 Å². The molecule has 10 heteroatoms. The number of aromatic nitrogens is 3. The maximum Gasteiger partial charge on any atom is 0.341 e. The van der Waals surface area contributed by atoms with E-state index in [0.29, 0.717) is 0 Å². The molecule has 0 saturated heterocycles. The van der Waals surface area contributed by atoms with Crippen molar-refractivity contribution in [1.29, 1.82) is 0 Å². The average Bonchev–Trinajstić information content (AvgIpc) is 2.60. The number of alkyl halides is 2. The number of hydrogen-bond acceptors (Lipinski definition) is 5. The highest BCUT2D eigenvalue weighted by atomic mass is 19.3. The summed E-state index contributed by atoms with van der Waals surface area (Å²) in [5.74, 6) is -2.07. The highest BCUT2D eigenvalue weighted by Gasteiger charge is 2.21. The lowest BCUT2D eigenvalue weighted by Gasteiger charge is -2.18. The predicted octanol–water partition coefficient (Wildman–Crippen LogP) is 3.57. The number of H-pyrrole nitrogens is 1. The van der Waals surface area contributed by atoms with Crippen LogP contribution in [0.1, 0.15) is 46.7 Å². The summed E-state index contributed by atoms with van der Waals surface area (Å²) in [5, 5.41) is 12.2. The summed E-state index contributed by atoms with van der Waals surface area (Å²) in [6, 6.07) is 4.01. The number of benzene rings is 1. The van der Waals surface area contributed by atoms with Crippen molar-refractivity contribution < 1.29 is 23.1 Å². The molecule has 0 aliphatic heterocycles. The molecule has 7 nitrogen and oxygen atoms in total. The molecule has 0 aliphatic rings. The fraction of sp³-hybridized carbons (Fsp3) is 0.222. The zero-order chi connectivity index (χ0) is 20.6. The van der Waals surface area contributed by atoms with E-state index in [1.807, 2.05) is 0 Å². The molecule has 1 atom stereocenters. The summed E-state index contributed by atoms with van der Waals surface area (Å²) in [6.07, 6.45) is -2.96. The van der Waals surface area contributed by atoms with E-state index in [-0.39, 0.29) is 28.2 Å². The molecular formula is C18H15F3N4O3. The molecule has 2 aromatic heterocycles. The van der Waals surface area contributed by atoms with Gasteiger partial charge in [0.1, 0.15) is 28.7 Å². The second-order valence-electron chi connectivity index (χ2n) is 6.12. The Hall–Kier alpha value is -3.43. The van der Waals surface area contributed by atoms with Crippen LogP contribution >= 0.6 is 0 Å². The van der Waals surface area contributed by atoms with Crippen molar-refractivity contribution in [2.24, 2.45) is 0 Å². The molecule has 3 N–H and O–H groups in total. The predicted molar refractivity (Wildman–Crippen MR) is 95.2 cm³/mol. The Balaban J connectivity index is 2.09. The Bertz CT molecular complexity index is 1130. The van der Waals surface area contributed by atoms with E-state index in [9.17, 15) is 22.8 Å². The molecule has 0 bridgehead atoms. The molecule has 3 rings (SSSR count). The maximum absolute atomic E-state index is 14.4. The highest BCUT2D eigenvalue weighted by molar-refractivity contribution is 5.95. The van der Waals surface area contributed by atoms with Gasteiger partial charge in [-0.2, -0.15) is 0 Å². The van der Waals surface area contributed by atoms with Crippen LogP contribution in [0.5, 0.6) is 0 Å². The van der Waals surface area contributed by atoms with Gasteiger partial charge in [-0.1, -0.05) is 18.2 Å². The first-order valence-electron chi connectivity index (χ1n) is 8.17. The molecule has 0 radical (unpaired) electrons. The Morgan fingerprint density at radius 2 is 1.93 bits per heavy atom. The number of rotatable bonds is 5. The molecule has 0 amide bonds. The number of carboxylic acid groups (broad SMARTS) is 1. The van der Waals surface area contributed by atoms with Gasteiger partial charge in [-0.05, 0) is 19.9 Å². The normalized spacial score (nSPS) is 12.4. The Morgan fingerprint density at radius 1 is 1.25 bits per heavy atom. The number of nitrogens with zero attached hydrogens (tertiary/aromatic N) is 2. The Labute approximate surface area is 156 Å². The molecule has 0 fully saturated rings. The quantitative estimate of drug-likeness (QED) is 0.613. The smallest absolute Gasteiger partial charge is 0.341 e. The first-order valence-corrected chi connectivity index (χ1v) is 8.17. The number of pyridine rings is 1. The van der Waals surface area contributed by atoms with Gasteiger partial charge in [-0.25, -0.2) is 27.9 Å². The van der Waals surface area contributed by atoms with Gasteiger partial charge in [-0.15, -0.1) is 0 Å². The largest absolute Gasteiger partial charge is 0.477 e. The number of halogens is 3. The van der Waals surface area contributed by atoms with Crippen molar-refractivity contribution in [2.75, 3.05) is 5.32 Å². The SMILES string of the molecule is Cc1nc(N[C@H](C)c2cccc(C(F)F)c2F)c2cc(C(=O)O)c(=O)[nH]c2n1. The van der Waals surface area contributed by atoms with E-state index in [1.165, 1.54) is 12.1 Å². The fourth-order valence-electron chi connectivity index (χ4n) is 2.82. The maximum atomic E-state index is 14.4. The van der Waals surface area contributed by atoms with Crippen LogP contribution in [0.3, 0.4) is 0 Å². The molecule has 28 heavy (non-hydrogen) atoms. The van der Waals surface area contributed by atoms with E-state index in [4.69, 9.17) is 5.11 Å². The van der Waals surface area contributed by atoms with Crippen molar-refractivity contribution in [3.8, 4) is 0 Å². The van der Waals surface area contributed by atoms with Crippen molar-refractivity contribution >= 4 is 22.8 Å². The minimum Gasteiger partial charge on any atom is -0.477 e. The van der Waals surface area contributed by atoms with Crippen molar-refractivity contribution in [3.05, 3.63) is 63.0 Å². The molecule has 0 aliphatic carbocycles. The standard InChI is InChI=1S/C18H15F3N4O3/c1-7(9-4-3-5-10(13(9)19)14(20)21)22-15-11-6-12(18(27)28)17(26)25-16(11)24-8(2)23-15/h3-7,14H,1-2H3,(H,27,28)(H2,22,23,24,25,26)/t7-/m1/s1. The number of fused-ring (bicyclic) bond motifs is 1. The van der Waals surface area contributed by atoms with E-state index in [2.05, 4.69) is 20.3 Å². The lowest BCUT2D eigenvalue weighted by molar-refractivity contribution is 0.0695. The summed E-state index contributed by atoms with van der Waals surface area (Å²) < 4.78 is 40.3. The van der Waals surface area contributed by atoms with Crippen LogP contribution in [0.25, 0.3) is 11.0 Å². The van der Waals surface area contributed by atoms with Gasteiger partial charge in [0, 0.05) is 5.56 Å². The molecule has 3 aromatic rings. The number of hydrogen-bond donors (Lipinski definition) is 3. The van der Waals surface area contributed by atoms with Gasteiger partial charge >= 0.3 is 5.97 Å². The molecule has 2 heterocycles. The van der Waals surface area contributed by atoms with Gasteiger partial charge in [0.05, 0.1) is 17.0 Å². The lowest BCUT2D eigenvalue weighted by Crippen LogP contribution is -2.19. The van der Waals surface area contributed by atoms with Crippen LogP contribution in [0, 0.1) is 12.7 Å². The first-order chi connectivity index (χ1) is 13.2. The van der Waals surface area contributed by atoms with Crippen molar-refractivity contribution in [2.45, 2.75) is 26.3 Å². The number of aromatic amines is 1. The number of aryl methyl sites for hydroxylation is 1. The molecule has 0 spiro atoms. The second-order valence-corrected chi connectivity index (χ2v) is 6.12. The molecular weight excluding hydrogens is 377 g/mol. The Kier molecular flexibility index (Phi) is 5.04. The number of carbonyl (C=O) groups is 1. The number of anilines is 1. The zero-order valence-corrected chi connectivity index (χ0v) is 14.8. The van der Waals surface area contributed by atoms with Gasteiger partial charge in [0.2, 0.25) is 0 Å². The third kappa shape index (κ3) is 3.53. The van der Waals surface area contributed by atoms with Crippen LogP contribution in [-0.2, 0) is 0 Å². The summed E-state index contributed by atoms with van der Waals surface area (Å²) in [6.45, 7) is 3.09. The fourth-order valence-corrected chi connectivity index (χ4v) is 2.82. The van der Waals surface area contributed by atoms with Crippen LogP contribution in [0.15, 0.2) is 29.1 Å². The third-order valence-electron chi connectivity index (χ3n) is 4.17. The first kappa shape index (κ1) is 19.3. The van der Waals surface area contributed by atoms with Crippen LogP contribution < -0.4 is 10.9 Å². The van der Waals surface area contributed by atoms with Gasteiger partial charge in [0.15, 0.2) is 0 Å². The number of aromatic carboxylic acids is 1. The lowest BCUT2D eigenvalue weighted by atomic mass is 10.0. The topological polar surface area (TPSA) is 108 Å². The summed E-state index contributed by atoms with van der Waals surface area (Å²) >= 11 is 0. The van der Waals surface area contributed by atoms with Crippen LogP contribution in [0.4, 0.5) is 19.0 Å². The summed E-state index contributed by atoms with van der Waals surface area (Å²) in [5.41, 5.74) is -1.97. The second kappa shape index (κ2) is 7.29. The molecule has 0 saturated carbocycles. The van der Waals surface area contributed by atoms with E-state index in [1.54, 1.807) is 13.8 Å². The summed E-state index contributed by atoms with van der Waals surface area (Å²) in [4.78, 5) is 33.7. The third-order valence-corrected chi connectivity index (χ3v) is 4.17. The number of nitrogens with one attached hydrogen (secondary N) is 2. The number of carboxylic acids is 1. The van der Waals surface area contributed by atoms with E-state index in [0.717, 1.165) is 12.1 Å². The van der Waals surface area contributed by atoms with Gasteiger partial charge in [-0.3, -0.25) is 4.79 Å². The molecule has 0 unspecified atom stereocenters. The van der Waals surface area contributed by atoms with Crippen LogP contribution in [-0.4, -0.2) is 26.0 Å². The monoisotopic (exact) mass is 392 g/mol. The molecule has 1 aromatic carbocycles. The van der Waals surface area contributed by atoms with Gasteiger partial charge < -0.3 is 15.4 Å².